The molecule has 0 saturated carbocycles. The fourth-order valence-corrected chi connectivity index (χ4v) is 4.21. The van der Waals surface area contributed by atoms with E-state index in [2.05, 4.69) is 10.3 Å². The van der Waals surface area contributed by atoms with E-state index in [-0.39, 0.29) is 22.5 Å². The zero-order valence-electron chi connectivity index (χ0n) is 21.7. The van der Waals surface area contributed by atoms with E-state index in [0.29, 0.717) is 0 Å². The Balaban J connectivity index is 2.68. The second-order valence-corrected chi connectivity index (χ2v) is 10.0. The Morgan fingerprint density at radius 2 is 1.64 bits per heavy atom. The number of ether oxygens (including phenoxy) is 2. The number of amides is 1. The average molecular weight is 511 g/mol. The topological polar surface area (TPSA) is 94.1 Å². The summed E-state index contributed by atoms with van der Waals surface area (Å²) in [6.07, 6.45) is -4.74. The number of esters is 2. The molecule has 0 spiro atoms. The van der Waals surface area contributed by atoms with Crippen molar-refractivity contribution in [2.24, 2.45) is 16.8 Å². The Labute approximate surface area is 209 Å². The van der Waals surface area contributed by atoms with E-state index in [1.807, 2.05) is 0 Å². The van der Waals surface area contributed by atoms with Crippen molar-refractivity contribution in [1.29, 1.82) is 0 Å². The highest BCUT2D eigenvalue weighted by atomic mass is 19.4. The lowest BCUT2D eigenvalue weighted by Gasteiger charge is -2.34. The number of carbonyl (C=O) groups is 3. The number of nitrogens with one attached hydrogen (secondary N) is 1. The minimum absolute atomic E-state index is 0.138. The van der Waals surface area contributed by atoms with E-state index in [1.165, 1.54) is 32.0 Å². The summed E-state index contributed by atoms with van der Waals surface area (Å²) in [7, 11) is 1.12. The van der Waals surface area contributed by atoms with Gasteiger partial charge in [0.15, 0.2) is 0 Å². The standard InChI is InChI=1S/C26H33F3N2O5/c1-13(2)21(24(34)36-25(5,6)7)31-22(32)18-14(3)30-15(4)19(23(33)35-8)20(18)16-11-9-10-12-17(16)26(27,28)29/h9-13,19-21H,1-8H3,(H,31,32). The fraction of sp³-hybridized carbons (Fsp3) is 0.538. The zero-order chi connectivity index (χ0) is 27.6. The van der Waals surface area contributed by atoms with Gasteiger partial charge in [-0.1, -0.05) is 32.0 Å². The Morgan fingerprint density at radius 1 is 1.06 bits per heavy atom. The molecular weight excluding hydrogens is 477 g/mol. The summed E-state index contributed by atoms with van der Waals surface area (Å²) in [5.74, 6) is -5.35. The number of rotatable bonds is 6. The third-order valence-electron chi connectivity index (χ3n) is 5.74. The van der Waals surface area contributed by atoms with E-state index in [0.717, 1.165) is 13.2 Å². The van der Waals surface area contributed by atoms with Gasteiger partial charge in [-0.3, -0.25) is 14.6 Å². The molecule has 1 aromatic carbocycles. The molecule has 0 aliphatic carbocycles. The number of benzene rings is 1. The number of halogens is 3. The molecule has 7 nitrogen and oxygen atoms in total. The molecule has 0 saturated heterocycles. The van der Waals surface area contributed by atoms with Gasteiger partial charge in [0.25, 0.3) is 0 Å². The van der Waals surface area contributed by atoms with Crippen LogP contribution in [-0.4, -0.2) is 42.3 Å². The average Bonchev–Trinajstić information content (AvgIpc) is 2.74. The van der Waals surface area contributed by atoms with Crippen LogP contribution in [0.5, 0.6) is 0 Å². The van der Waals surface area contributed by atoms with Crippen LogP contribution in [0.25, 0.3) is 0 Å². The molecule has 1 aromatic rings. The number of carbonyl (C=O) groups excluding carboxylic acids is 3. The van der Waals surface area contributed by atoms with E-state index < -0.39 is 59.0 Å². The molecule has 0 radical (unpaired) electrons. The number of hydrogen-bond donors (Lipinski definition) is 1. The summed E-state index contributed by atoms with van der Waals surface area (Å²) in [4.78, 5) is 43.5. The van der Waals surface area contributed by atoms with Gasteiger partial charge >= 0.3 is 18.1 Å². The molecule has 2 rings (SSSR count). The van der Waals surface area contributed by atoms with Gasteiger partial charge < -0.3 is 14.8 Å². The van der Waals surface area contributed by atoms with Crippen LogP contribution in [0.15, 0.2) is 40.5 Å². The largest absolute Gasteiger partial charge is 0.468 e. The van der Waals surface area contributed by atoms with Crippen molar-refractivity contribution in [3.8, 4) is 0 Å². The van der Waals surface area contributed by atoms with Gasteiger partial charge in [0, 0.05) is 22.9 Å². The first kappa shape index (κ1) is 29.1. The van der Waals surface area contributed by atoms with Crippen LogP contribution in [-0.2, 0) is 30.0 Å². The number of allylic oxidation sites excluding steroid dienone is 1. The summed E-state index contributed by atoms with van der Waals surface area (Å²) in [5.41, 5.74) is -1.87. The van der Waals surface area contributed by atoms with Gasteiger partial charge in [0.1, 0.15) is 17.6 Å². The van der Waals surface area contributed by atoms with Crippen LogP contribution >= 0.6 is 0 Å². The lowest BCUT2D eigenvalue weighted by molar-refractivity contribution is -0.159. The van der Waals surface area contributed by atoms with Crippen molar-refractivity contribution in [3.63, 3.8) is 0 Å². The normalized spacial score (nSPS) is 19.5. The minimum Gasteiger partial charge on any atom is -0.468 e. The second-order valence-electron chi connectivity index (χ2n) is 10.0. The van der Waals surface area contributed by atoms with E-state index in [1.54, 1.807) is 34.6 Å². The highest BCUT2D eigenvalue weighted by Gasteiger charge is 2.46. The molecule has 36 heavy (non-hydrogen) atoms. The number of nitrogens with zero attached hydrogens (tertiary/aromatic N) is 1. The lowest BCUT2D eigenvalue weighted by Crippen LogP contribution is -2.49. The maximum atomic E-state index is 14.0. The van der Waals surface area contributed by atoms with Gasteiger partial charge in [-0.25, -0.2) is 4.79 Å². The third kappa shape index (κ3) is 6.53. The molecule has 3 unspecified atom stereocenters. The van der Waals surface area contributed by atoms with Crippen molar-refractivity contribution in [1.82, 2.24) is 5.32 Å². The van der Waals surface area contributed by atoms with Crippen LogP contribution < -0.4 is 5.32 Å². The van der Waals surface area contributed by atoms with Crippen LogP contribution in [0.3, 0.4) is 0 Å². The monoisotopic (exact) mass is 510 g/mol. The van der Waals surface area contributed by atoms with Gasteiger partial charge in [0.05, 0.1) is 12.7 Å². The molecule has 1 aliphatic rings. The maximum Gasteiger partial charge on any atom is 0.416 e. The first-order chi connectivity index (χ1) is 16.5. The van der Waals surface area contributed by atoms with Gasteiger partial charge in [-0.2, -0.15) is 13.2 Å². The van der Waals surface area contributed by atoms with Crippen molar-refractivity contribution >= 4 is 23.6 Å². The van der Waals surface area contributed by atoms with Gasteiger partial charge in [0.2, 0.25) is 5.91 Å². The number of aliphatic imine (C=N–C) groups is 1. The van der Waals surface area contributed by atoms with Gasteiger partial charge in [-0.15, -0.1) is 0 Å². The summed E-state index contributed by atoms with van der Waals surface area (Å²) >= 11 is 0. The van der Waals surface area contributed by atoms with Crippen molar-refractivity contribution < 1.29 is 37.0 Å². The molecule has 1 aliphatic heterocycles. The van der Waals surface area contributed by atoms with Crippen molar-refractivity contribution in [3.05, 3.63) is 46.7 Å². The molecule has 1 amide bonds. The molecule has 1 N–H and O–H groups in total. The number of hydrogen-bond acceptors (Lipinski definition) is 6. The lowest BCUT2D eigenvalue weighted by atomic mass is 9.73. The summed E-state index contributed by atoms with van der Waals surface area (Å²) < 4.78 is 52.3. The Hall–Kier alpha value is -3.17. The molecule has 0 aromatic heterocycles. The minimum atomic E-state index is -4.74. The smallest absolute Gasteiger partial charge is 0.416 e. The van der Waals surface area contributed by atoms with E-state index in [4.69, 9.17) is 9.47 Å². The summed E-state index contributed by atoms with van der Waals surface area (Å²) in [5, 5.41) is 2.62. The predicted molar refractivity (Wildman–Crippen MR) is 128 cm³/mol. The van der Waals surface area contributed by atoms with E-state index >= 15 is 0 Å². The molecular formula is C26H33F3N2O5. The quantitative estimate of drug-likeness (QED) is 0.555. The van der Waals surface area contributed by atoms with E-state index in [9.17, 15) is 27.6 Å². The first-order valence-electron chi connectivity index (χ1n) is 11.5. The second kappa shape index (κ2) is 10.8. The fourth-order valence-electron chi connectivity index (χ4n) is 4.21. The van der Waals surface area contributed by atoms with Crippen LogP contribution in [0.1, 0.15) is 65.5 Å². The van der Waals surface area contributed by atoms with Crippen molar-refractivity contribution in [2.75, 3.05) is 7.11 Å². The summed E-state index contributed by atoms with van der Waals surface area (Å²) in [6, 6.07) is 3.68. The molecule has 0 bridgehead atoms. The predicted octanol–water partition coefficient (Wildman–Crippen LogP) is 4.81. The molecule has 3 atom stereocenters. The highest BCUT2D eigenvalue weighted by molar-refractivity contribution is 6.08. The molecule has 10 heteroatoms. The number of methoxy groups -OCH3 is 1. The zero-order valence-corrected chi connectivity index (χ0v) is 21.7. The summed E-state index contributed by atoms with van der Waals surface area (Å²) in [6.45, 7) is 11.4. The Kier molecular flexibility index (Phi) is 8.75. The number of alkyl halides is 3. The van der Waals surface area contributed by atoms with Crippen molar-refractivity contribution in [2.45, 2.75) is 72.2 Å². The van der Waals surface area contributed by atoms with Crippen LogP contribution in [0, 0.1) is 11.8 Å². The molecule has 0 fully saturated rings. The highest BCUT2D eigenvalue weighted by Crippen LogP contribution is 2.44. The SMILES string of the molecule is COC(=O)C1C(C)=NC(C)=C(C(=O)NC(C(=O)OC(C)(C)C)C(C)C)C1c1ccccc1C(F)(F)F. The Morgan fingerprint density at radius 3 is 2.14 bits per heavy atom. The third-order valence-corrected chi connectivity index (χ3v) is 5.74. The molecule has 1 heterocycles. The van der Waals surface area contributed by atoms with Gasteiger partial charge in [-0.05, 0) is 52.2 Å². The Bertz CT molecular complexity index is 1080. The maximum absolute atomic E-state index is 14.0. The molecule has 198 valence electrons. The van der Waals surface area contributed by atoms with Crippen LogP contribution in [0.4, 0.5) is 13.2 Å². The first-order valence-corrected chi connectivity index (χ1v) is 11.5. The van der Waals surface area contributed by atoms with Crippen LogP contribution in [0.2, 0.25) is 0 Å².